The Balaban J connectivity index is 1.69. The van der Waals surface area contributed by atoms with Crippen molar-refractivity contribution in [3.05, 3.63) is 123 Å². The number of amides is 1. The molecule has 41 heavy (non-hydrogen) atoms. The van der Waals surface area contributed by atoms with E-state index in [1.54, 1.807) is 50.2 Å². The van der Waals surface area contributed by atoms with Gasteiger partial charge in [-0.15, -0.1) is 0 Å². The number of carbonyl (C=O) groups excluding carboxylic acids is 2. The number of methoxy groups -OCH3 is 1. The minimum Gasteiger partial charge on any atom is -0.497 e. The highest BCUT2D eigenvalue weighted by molar-refractivity contribution is 5.97. The molecule has 2 heterocycles. The van der Waals surface area contributed by atoms with Crippen molar-refractivity contribution in [3.8, 4) is 11.4 Å². The van der Waals surface area contributed by atoms with E-state index >= 15 is 0 Å². The van der Waals surface area contributed by atoms with E-state index in [1.165, 1.54) is 11.7 Å². The molecule has 0 spiro atoms. The topological polar surface area (TPSA) is 124 Å². The lowest BCUT2D eigenvalue weighted by Gasteiger charge is -2.33. The first kappa shape index (κ1) is 27.2. The average Bonchev–Trinajstić information content (AvgIpc) is 3.00. The Hall–Kier alpha value is -5.38. The molecule has 10 nitrogen and oxygen atoms in total. The average molecular weight is 552 g/mol. The van der Waals surface area contributed by atoms with Gasteiger partial charge in [0, 0.05) is 16.8 Å². The van der Waals surface area contributed by atoms with Crippen LogP contribution in [0.15, 0.2) is 101 Å². The molecule has 1 aromatic heterocycles. The third-order valence-corrected chi connectivity index (χ3v) is 6.69. The smallest absolute Gasteiger partial charge is 0.355 e. The van der Waals surface area contributed by atoms with Crippen LogP contribution < -0.4 is 26.6 Å². The number of allylic oxidation sites excluding steroid dienone is 1. The van der Waals surface area contributed by atoms with E-state index in [1.807, 2.05) is 48.5 Å². The number of ether oxygens (including phenoxy) is 2. The molecule has 3 N–H and O–H groups in total. The zero-order valence-electron chi connectivity index (χ0n) is 22.8. The third kappa shape index (κ3) is 5.40. The number of aromatic nitrogens is 2. The van der Waals surface area contributed by atoms with Crippen molar-refractivity contribution in [1.82, 2.24) is 15.0 Å². The van der Waals surface area contributed by atoms with Gasteiger partial charge in [0.15, 0.2) is 5.82 Å². The number of anilines is 2. The Morgan fingerprint density at radius 2 is 1.71 bits per heavy atom. The van der Waals surface area contributed by atoms with Gasteiger partial charge >= 0.3 is 11.7 Å². The molecule has 0 saturated carbocycles. The second kappa shape index (κ2) is 11.8. The Morgan fingerprint density at radius 1 is 1.00 bits per heavy atom. The second-order valence-corrected chi connectivity index (χ2v) is 9.22. The van der Waals surface area contributed by atoms with Crippen LogP contribution in [-0.4, -0.2) is 35.1 Å². The highest BCUT2D eigenvalue weighted by atomic mass is 16.5. The fourth-order valence-electron chi connectivity index (χ4n) is 4.86. The zero-order valence-corrected chi connectivity index (χ0v) is 22.8. The van der Waals surface area contributed by atoms with Gasteiger partial charge < -0.3 is 14.8 Å². The van der Waals surface area contributed by atoms with E-state index in [9.17, 15) is 14.4 Å². The summed E-state index contributed by atoms with van der Waals surface area (Å²) in [7, 11) is 1.51. The molecule has 3 aromatic carbocycles. The standard InChI is InChI=1S/C31H29N5O5/c1-4-41-30(38)24-19(2)32-28-26(25(24)20-12-7-5-8-13-20)27(33-31(39)36(28)22-15-9-6-10-16-22)34-35-29(37)21-14-11-17-23(18-21)40-3/h5-18,25,32H,4H2,1-3H3,(H,35,37)(H,33,34,39). The molecular formula is C31H29N5O5. The third-order valence-electron chi connectivity index (χ3n) is 6.69. The SMILES string of the molecule is CCOC(=O)C1=C(C)Nc2c(c(NNC(=O)c3cccc(OC)c3)nc(=O)n2-c2ccccc2)C1c1ccccc1. The van der Waals surface area contributed by atoms with Crippen LogP contribution in [0.1, 0.15) is 41.3 Å². The highest BCUT2D eigenvalue weighted by Crippen LogP contribution is 2.45. The number of nitrogens with zero attached hydrogens (tertiary/aromatic N) is 2. The summed E-state index contributed by atoms with van der Waals surface area (Å²) in [6, 6.07) is 25.1. The number of fused-ring (bicyclic) bond motifs is 1. The monoisotopic (exact) mass is 551 g/mol. The van der Waals surface area contributed by atoms with Crippen molar-refractivity contribution in [1.29, 1.82) is 0 Å². The number of para-hydroxylation sites is 1. The van der Waals surface area contributed by atoms with Crippen LogP contribution >= 0.6 is 0 Å². The lowest BCUT2D eigenvalue weighted by Crippen LogP contribution is -2.37. The quantitative estimate of drug-likeness (QED) is 0.218. The molecule has 208 valence electrons. The maximum Gasteiger partial charge on any atom is 0.355 e. The van der Waals surface area contributed by atoms with Crippen molar-refractivity contribution in [2.45, 2.75) is 19.8 Å². The largest absolute Gasteiger partial charge is 0.497 e. The minimum atomic E-state index is -0.675. The molecule has 1 amide bonds. The first-order valence-electron chi connectivity index (χ1n) is 13.1. The summed E-state index contributed by atoms with van der Waals surface area (Å²) in [5.74, 6) is -0.625. The molecule has 5 rings (SSSR count). The van der Waals surface area contributed by atoms with E-state index in [2.05, 4.69) is 21.2 Å². The van der Waals surface area contributed by atoms with Gasteiger partial charge in [-0.25, -0.2) is 14.2 Å². The van der Waals surface area contributed by atoms with Crippen molar-refractivity contribution >= 4 is 23.5 Å². The fourth-order valence-corrected chi connectivity index (χ4v) is 4.86. The fraction of sp³-hybridized carbons (Fsp3) is 0.161. The lowest BCUT2D eigenvalue weighted by molar-refractivity contribution is -0.138. The molecule has 1 atom stereocenters. The number of benzene rings is 3. The van der Waals surface area contributed by atoms with Gasteiger partial charge in [0.25, 0.3) is 5.91 Å². The van der Waals surface area contributed by atoms with Crippen LogP contribution in [0, 0.1) is 0 Å². The number of rotatable bonds is 8. The summed E-state index contributed by atoms with van der Waals surface area (Å²) >= 11 is 0. The number of nitrogens with one attached hydrogen (secondary N) is 3. The van der Waals surface area contributed by atoms with E-state index in [0.29, 0.717) is 39.7 Å². The van der Waals surface area contributed by atoms with E-state index in [4.69, 9.17) is 9.47 Å². The lowest BCUT2D eigenvalue weighted by atomic mass is 9.81. The van der Waals surface area contributed by atoms with Crippen LogP contribution in [-0.2, 0) is 9.53 Å². The van der Waals surface area contributed by atoms with E-state index in [0.717, 1.165) is 5.56 Å². The van der Waals surface area contributed by atoms with Gasteiger partial charge in [-0.3, -0.25) is 15.6 Å². The number of hydrazine groups is 1. The first-order chi connectivity index (χ1) is 19.9. The normalized spacial score (nSPS) is 14.0. The molecule has 1 aliphatic rings. The Labute approximate surface area is 236 Å². The van der Waals surface area contributed by atoms with Crippen molar-refractivity contribution in [2.75, 3.05) is 24.5 Å². The Morgan fingerprint density at radius 3 is 2.39 bits per heavy atom. The summed E-state index contributed by atoms with van der Waals surface area (Å²) in [6.45, 7) is 3.70. The summed E-state index contributed by atoms with van der Waals surface area (Å²) in [5.41, 5.74) is 8.00. The first-order valence-corrected chi connectivity index (χ1v) is 13.1. The molecule has 0 radical (unpaired) electrons. The molecule has 0 saturated heterocycles. The Bertz CT molecular complexity index is 1680. The van der Waals surface area contributed by atoms with Crippen molar-refractivity contribution < 1.29 is 19.1 Å². The Kier molecular flexibility index (Phi) is 7.82. The van der Waals surface area contributed by atoms with Crippen LogP contribution in [0.3, 0.4) is 0 Å². The van der Waals surface area contributed by atoms with Gasteiger partial charge in [-0.2, -0.15) is 4.98 Å². The van der Waals surface area contributed by atoms with Gasteiger partial charge in [0.2, 0.25) is 0 Å². The second-order valence-electron chi connectivity index (χ2n) is 9.22. The van der Waals surface area contributed by atoms with Crippen LogP contribution in [0.25, 0.3) is 5.69 Å². The molecule has 4 aromatic rings. The van der Waals surface area contributed by atoms with Crippen molar-refractivity contribution in [3.63, 3.8) is 0 Å². The maximum absolute atomic E-state index is 13.5. The van der Waals surface area contributed by atoms with E-state index < -0.39 is 23.5 Å². The summed E-state index contributed by atoms with van der Waals surface area (Å²) in [6.07, 6.45) is 0. The zero-order chi connectivity index (χ0) is 28.9. The predicted molar refractivity (Wildman–Crippen MR) is 155 cm³/mol. The summed E-state index contributed by atoms with van der Waals surface area (Å²) in [4.78, 5) is 44.2. The van der Waals surface area contributed by atoms with Gasteiger partial charge in [0.05, 0.1) is 30.9 Å². The minimum absolute atomic E-state index is 0.0871. The van der Waals surface area contributed by atoms with E-state index in [-0.39, 0.29) is 12.4 Å². The predicted octanol–water partition coefficient (Wildman–Crippen LogP) is 4.39. The summed E-state index contributed by atoms with van der Waals surface area (Å²) < 4.78 is 12.1. The summed E-state index contributed by atoms with van der Waals surface area (Å²) in [5, 5.41) is 3.26. The van der Waals surface area contributed by atoms with Crippen LogP contribution in [0.2, 0.25) is 0 Å². The molecular weight excluding hydrogens is 522 g/mol. The number of esters is 1. The van der Waals surface area contributed by atoms with Gasteiger partial charge in [0.1, 0.15) is 11.6 Å². The molecule has 10 heteroatoms. The highest BCUT2D eigenvalue weighted by Gasteiger charge is 2.38. The molecule has 0 fully saturated rings. The van der Waals surface area contributed by atoms with Crippen LogP contribution in [0.5, 0.6) is 5.75 Å². The van der Waals surface area contributed by atoms with Gasteiger partial charge in [-0.1, -0.05) is 54.6 Å². The molecule has 0 bridgehead atoms. The van der Waals surface area contributed by atoms with Gasteiger partial charge in [-0.05, 0) is 49.7 Å². The number of hydrogen-bond donors (Lipinski definition) is 3. The molecule has 1 unspecified atom stereocenters. The number of carbonyl (C=O) groups is 2. The maximum atomic E-state index is 13.5. The molecule has 0 aliphatic carbocycles. The van der Waals surface area contributed by atoms with Crippen molar-refractivity contribution in [2.24, 2.45) is 0 Å². The number of hydrogen-bond acceptors (Lipinski definition) is 8. The molecule has 1 aliphatic heterocycles. The van der Waals surface area contributed by atoms with Crippen LogP contribution in [0.4, 0.5) is 11.6 Å².